The summed E-state index contributed by atoms with van der Waals surface area (Å²) in [6.45, 7) is 1.79. The minimum absolute atomic E-state index is 0.0237. The Labute approximate surface area is 160 Å². The third-order valence-electron chi connectivity index (χ3n) is 3.60. The molecule has 2 aromatic rings. The molecule has 0 aliphatic rings. The molecule has 0 aliphatic carbocycles. The fourth-order valence-corrected chi connectivity index (χ4v) is 2.31. The minimum Gasteiger partial charge on any atom is -0.326 e. The van der Waals surface area contributed by atoms with Crippen molar-refractivity contribution in [2.24, 2.45) is 5.10 Å². The third kappa shape index (κ3) is 6.19. The summed E-state index contributed by atoms with van der Waals surface area (Å²) < 4.78 is 0. The van der Waals surface area contributed by atoms with Gasteiger partial charge in [0.2, 0.25) is 11.8 Å². The van der Waals surface area contributed by atoms with Gasteiger partial charge in [0.15, 0.2) is 0 Å². The van der Waals surface area contributed by atoms with Crippen LogP contribution in [0.2, 0.25) is 5.02 Å². The summed E-state index contributed by atoms with van der Waals surface area (Å²) in [6, 6.07) is 11.0. The smallest absolute Gasteiger partial charge is 0.270 e. The van der Waals surface area contributed by atoms with Crippen LogP contribution in [0.15, 0.2) is 47.6 Å². The van der Waals surface area contributed by atoms with E-state index in [1.54, 1.807) is 31.2 Å². The van der Waals surface area contributed by atoms with Crippen molar-refractivity contribution in [2.75, 3.05) is 5.32 Å². The number of hydrogen-bond acceptors (Lipinski definition) is 5. The molecule has 0 atom stereocenters. The molecule has 0 heterocycles. The van der Waals surface area contributed by atoms with Crippen LogP contribution in [0.4, 0.5) is 11.4 Å². The Hall–Kier alpha value is -3.26. The lowest BCUT2D eigenvalue weighted by atomic mass is 10.2. The number of hydrazone groups is 1. The SMILES string of the molecule is Cc1c(Cl)cccc1NC(=O)CCC(=O)N/N=C/c1cccc([N+](=O)[O-])c1. The highest BCUT2D eigenvalue weighted by Gasteiger charge is 2.09. The molecule has 0 saturated heterocycles. The monoisotopic (exact) mass is 388 g/mol. The highest BCUT2D eigenvalue weighted by molar-refractivity contribution is 6.31. The second-order valence-electron chi connectivity index (χ2n) is 5.61. The van der Waals surface area contributed by atoms with Gasteiger partial charge in [0.1, 0.15) is 0 Å². The molecule has 0 bridgehead atoms. The molecule has 0 aliphatic heterocycles. The number of rotatable bonds is 7. The lowest BCUT2D eigenvalue weighted by molar-refractivity contribution is -0.384. The molecule has 2 amide bonds. The third-order valence-corrected chi connectivity index (χ3v) is 4.01. The number of hydrogen-bond donors (Lipinski definition) is 2. The largest absolute Gasteiger partial charge is 0.326 e. The normalized spacial score (nSPS) is 10.6. The van der Waals surface area contributed by atoms with Gasteiger partial charge in [-0.3, -0.25) is 19.7 Å². The number of halogens is 1. The van der Waals surface area contributed by atoms with Crippen LogP contribution in [0.3, 0.4) is 0 Å². The van der Waals surface area contributed by atoms with Crippen molar-refractivity contribution < 1.29 is 14.5 Å². The molecule has 27 heavy (non-hydrogen) atoms. The highest BCUT2D eigenvalue weighted by Crippen LogP contribution is 2.23. The summed E-state index contributed by atoms with van der Waals surface area (Å²) in [5.41, 5.74) is 4.02. The molecule has 9 heteroatoms. The van der Waals surface area contributed by atoms with E-state index in [1.165, 1.54) is 24.4 Å². The van der Waals surface area contributed by atoms with Gasteiger partial charge in [-0.25, -0.2) is 5.43 Å². The van der Waals surface area contributed by atoms with Crippen LogP contribution in [-0.4, -0.2) is 23.0 Å². The van der Waals surface area contributed by atoms with Crippen LogP contribution < -0.4 is 10.7 Å². The number of nitrogens with zero attached hydrogens (tertiary/aromatic N) is 2. The molecule has 2 aromatic carbocycles. The first-order valence-electron chi connectivity index (χ1n) is 7.98. The van der Waals surface area contributed by atoms with Crippen molar-refractivity contribution >= 4 is 41.0 Å². The van der Waals surface area contributed by atoms with Gasteiger partial charge < -0.3 is 5.32 Å². The Bertz CT molecular complexity index is 899. The van der Waals surface area contributed by atoms with Gasteiger partial charge >= 0.3 is 0 Å². The Balaban J connectivity index is 1.80. The summed E-state index contributed by atoms with van der Waals surface area (Å²) in [5, 5.41) is 17.7. The summed E-state index contributed by atoms with van der Waals surface area (Å²) >= 11 is 5.99. The van der Waals surface area contributed by atoms with Crippen LogP contribution in [-0.2, 0) is 9.59 Å². The zero-order valence-electron chi connectivity index (χ0n) is 14.4. The van der Waals surface area contributed by atoms with E-state index in [4.69, 9.17) is 11.6 Å². The minimum atomic E-state index is -0.518. The van der Waals surface area contributed by atoms with Gasteiger partial charge in [-0.15, -0.1) is 0 Å². The van der Waals surface area contributed by atoms with E-state index in [1.807, 2.05) is 0 Å². The van der Waals surface area contributed by atoms with Gasteiger partial charge in [0.05, 0.1) is 11.1 Å². The maximum atomic E-state index is 11.9. The first-order chi connectivity index (χ1) is 12.9. The van der Waals surface area contributed by atoms with Crippen LogP contribution in [0.5, 0.6) is 0 Å². The summed E-state index contributed by atoms with van der Waals surface area (Å²) in [5.74, 6) is -0.771. The van der Waals surface area contributed by atoms with E-state index >= 15 is 0 Å². The zero-order valence-corrected chi connectivity index (χ0v) is 15.2. The first kappa shape index (κ1) is 20.1. The number of non-ortho nitro benzene ring substituents is 1. The van der Waals surface area contributed by atoms with Crippen LogP contribution in [0, 0.1) is 17.0 Å². The topological polar surface area (TPSA) is 114 Å². The van der Waals surface area contributed by atoms with Crippen molar-refractivity contribution in [2.45, 2.75) is 19.8 Å². The summed E-state index contributed by atoms with van der Waals surface area (Å²) in [4.78, 5) is 33.9. The van der Waals surface area contributed by atoms with Crippen LogP contribution >= 0.6 is 11.6 Å². The quantitative estimate of drug-likeness (QED) is 0.429. The van der Waals surface area contributed by atoms with Gasteiger partial charge in [0, 0.05) is 41.2 Å². The molecule has 0 saturated carbocycles. The van der Waals surface area contributed by atoms with Crippen molar-refractivity contribution in [3.8, 4) is 0 Å². The number of carbonyl (C=O) groups excluding carboxylic acids is 2. The molecule has 2 N–H and O–H groups in total. The Kier molecular flexibility index (Phi) is 7.01. The highest BCUT2D eigenvalue weighted by atomic mass is 35.5. The predicted molar refractivity (Wildman–Crippen MR) is 103 cm³/mol. The Morgan fingerprint density at radius 1 is 1.19 bits per heavy atom. The van der Waals surface area contributed by atoms with Gasteiger partial charge in [-0.1, -0.05) is 29.8 Å². The van der Waals surface area contributed by atoms with Crippen molar-refractivity contribution in [1.29, 1.82) is 0 Å². The van der Waals surface area contributed by atoms with Gasteiger partial charge in [-0.05, 0) is 24.6 Å². The molecule has 0 unspecified atom stereocenters. The number of nitro groups is 1. The van der Waals surface area contributed by atoms with Crippen molar-refractivity contribution in [3.63, 3.8) is 0 Å². The molecule has 2 rings (SSSR count). The molecule has 140 valence electrons. The van der Waals surface area contributed by atoms with E-state index in [-0.39, 0.29) is 24.4 Å². The van der Waals surface area contributed by atoms with Crippen molar-refractivity contribution in [3.05, 3.63) is 68.7 Å². The molecule has 0 spiro atoms. The number of benzene rings is 2. The van der Waals surface area contributed by atoms with E-state index < -0.39 is 10.8 Å². The number of nitrogens with one attached hydrogen (secondary N) is 2. The molecule has 0 fully saturated rings. The summed E-state index contributed by atoms with van der Waals surface area (Å²) in [7, 11) is 0. The first-order valence-corrected chi connectivity index (χ1v) is 8.36. The lowest BCUT2D eigenvalue weighted by Crippen LogP contribution is -2.20. The Morgan fingerprint density at radius 3 is 2.63 bits per heavy atom. The molecular formula is C18H17ClN4O4. The van der Waals surface area contributed by atoms with Crippen molar-refractivity contribution in [1.82, 2.24) is 5.43 Å². The number of anilines is 1. The zero-order chi connectivity index (χ0) is 19.8. The maximum Gasteiger partial charge on any atom is 0.270 e. The molecule has 8 nitrogen and oxygen atoms in total. The molecule has 0 radical (unpaired) electrons. The Morgan fingerprint density at radius 2 is 1.89 bits per heavy atom. The number of nitro benzene ring substituents is 1. The average molecular weight is 389 g/mol. The van der Waals surface area contributed by atoms with Gasteiger partial charge in [0.25, 0.3) is 5.69 Å². The second kappa shape index (κ2) is 9.44. The average Bonchev–Trinajstić information content (AvgIpc) is 2.64. The lowest BCUT2D eigenvalue weighted by Gasteiger charge is -2.09. The predicted octanol–water partition coefficient (Wildman–Crippen LogP) is 3.43. The molecule has 0 aromatic heterocycles. The van der Waals surface area contributed by atoms with E-state index in [0.717, 1.165) is 5.56 Å². The van der Waals surface area contributed by atoms with E-state index in [9.17, 15) is 19.7 Å². The fourth-order valence-electron chi connectivity index (χ4n) is 2.14. The van der Waals surface area contributed by atoms with Gasteiger partial charge in [-0.2, -0.15) is 5.10 Å². The summed E-state index contributed by atoms with van der Waals surface area (Å²) in [6.07, 6.45) is 1.21. The van der Waals surface area contributed by atoms with E-state index in [2.05, 4.69) is 15.8 Å². The second-order valence-corrected chi connectivity index (χ2v) is 6.01. The standard InChI is InChI=1S/C18H17ClN4O4/c1-12-15(19)6-3-7-16(12)21-17(24)8-9-18(25)22-20-11-13-4-2-5-14(10-13)23(26)27/h2-7,10-11H,8-9H2,1H3,(H,21,24)(H,22,25)/b20-11+. The molecular weight excluding hydrogens is 372 g/mol. The number of amides is 2. The van der Waals surface area contributed by atoms with E-state index in [0.29, 0.717) is 16.3 Å². The number of carbonyl (C=O) groups is 2. The fraction of sp³-hybridized carbons (Fsp3) is 0.167. The van der Waals surface area contributed by atoms with Crippen LogP contribution in [0.25, 0.3) is 0 Å². The van der Waals surface area contributed by atoms with Crippen LogP contribution in [0.1, 0.15) is 24.0 Å². The maximum absolute atomic E-state index is 11.9.